The number of carbonyl (C=O) groups excluding carboxylic acids is 2. The molecule has 49 heavy (non-hydrogen) atoms. The van der Waals surface area contributed by atoms with Crippen LogP contribution in [0.25, 0.3) is 5.69 Å². The first-order chi connectivity index (χ1) is 22.9. The Hall–Kier alpha value is -4.31. The summed E-state index contributed by atoms with van der Waals surface area (Å²) in [6.07, 6.45) is -10.1. The highest BCUT2D eigenvalue weighted by atomic mass is 79.9. The number of halogens is 9. The van der Waals surface area contributed by atoms with Crippen LogP contribution in [0.4, 0.5) is 30.7 Å². The van der Waals surface area contributed by atoms with Crippen LogP contribution in [0.5, 0.6) is 11.5 Å². The molecule has 0 saturated carbocycles. The first-order valence-electron chi connectivity index (χ1n) is 14.4. The summed E-state index contributed by atoms with van der Waals surface area (Å²) >= 11 is 9.44. The van der Waals surface area contributed by atoms with E-state index in [1.165, 1.54) is 46.7 Å². The highest BCUT2D eigenvalue weighted by molar-refractivity contribution is 9.10. The van der Waals surface area contributed by atoms with E-state index < -0.39 is 60.4 Å². The molecule has 17 heteroatoms. The number of aromatic nitrogens is 2. The second-order valence-corrected chi connectivity index (χ2v) is 12.3. The van der Waals surface area contributed by atoms with Crippen LogP contribution in [-0.2, 0) is 13.1 Å². The smallest absolute Gasteiger partial charge is 0.484 e. The summed E-state index contributed by atoms with van der Waals surface area (Å²) in [4.78, 5) is 42.7. The molecule has 1 aromatic heterocycles. The molecule has 260 valence electrons. The molecule has 0 aliphatic carbocycles. The number of hydrogen-bond acceptors (Lipinski definition) is 5. The van der Waals surface area contributed by atoms with E-state index in [0.29, 0.717) is 10.5 Å². The largest absolute Gasteiger partial charge is 0.573 e. The van der Waals surface area contributed by atoms with Gasteiger partial charge in [-0.3, -0.25) is 18.7 Å². The van der Waals surface area contributed by atoms with Crippen molar-refractivity contribution >= 4 is 39.2 Å². The van der Waals surface area contributed by atoms with Crippen LogP contribution in [0.2, 0.25) is 5.02 Å². The molecule has 0 fully saturated rings. The Kier molecular flexibility index (Phi) is 10.2. The standard InChI is InChI=1S/C32H24BrClF7N3O5/c1-17(22-8-7-21(14-25(22)35)49-32(39,40)41)12-27(45)28-26-15-42(29(46)18-2-9-23(33)24(34)13-18)10-11-43(26)30(47)44(28)19-3-5-20(6-4-19)48-16-31(36,37)38/h2-9,13-14,17H,10-12,15-16H2,1H3. The summed E-state index contributed by atoms with van der Waals surface area (Å²) in [6.45, 7) is -0.230. The zero-order valence-corrected chi connectivity index (χ0v) is 27.5. The molecule has 1 aliphatic rings. The Morgan fingerprint density at radius 3 is 2.24 bits per heavy atom. The summed E-state index contributed by atoms with van der Waals surface area (Å²) < 4.78 is 102. The van der Waals surface area contributed by atoms with Crippen molar-refractivity contribution < 1.29 is 49.8 Å². The number of imidazole rings is 1. The average molecular weight is 779 g/mol. The predicted molar refractivity (Wildman–Crippen MR) is 166 cm³/mol. The Morgan fingerprint density at radius 1 is 0.959 bits per heavy atom. The lowest BCUT2D eigenvalue weighted by atomic mass is 9.93. The van der Waals surface area contributed by atoms with Gasteiger partial charge in [-0.1, -0.05) is 24.6 Å². The molecular formula is C32H24BrClF7N3O5. The van der Waals surface area contributed by atoms with E-state index in [-0.39, 0.29) is 58.6 Å². The average Bonchev–Trinajstić information content (AvgIpc) is 3.31. The minimum atomic E-state index is -5.05. The van der Waals surface area contributed by atoms with Gasteiger partial charge in [-0.15, -0.1) is 13.2 Å². The van der Waals surface area contributed by atoms with Gasteiger partial charge in [0.2, 0.25) is 0 Å². The molecule has 1 atom stereocenters. The molecular weight excluding hydrogens is 755 g/mol. The summed E-state index contributed by atoms with van der Waals surface area (Å²) in [6, 6.07) is 12.0. The van der Waals surface area contributed by atoms with Crippen molar-refractivity contribution in [2.24, 2.45) is 0 Å². The molecule has 4 aromatic rings. The van der Waals surface area contributed by atoms with E-state index in [2.05, 4.69) is 20.7 Å². The van der Waals surface area contributed by atoms with E-state index in [4.69, 9.17) is 16.3 Å². The van der Waals surface area contributed by atoms with Crippen LogP contribution in [0, 0.1) is 5.82 Å². The summed E-state index contributed by atoms with van der Waals surface area (Å²) in [5, 5.41) is 0.281. The monoisotopic (exact) mass is 777 g/mol. The van der Waals surface area contributed by atoms with Gasteiger partial charge in [0.25, 0.3) is 5.91 Å². The lowest BCUT2D eigenvalue weighted by Gasteiger charge is -2.28. The van der Waals surface area contributed by atoms with Gasteiger partial charge in [0.1, 0.15) is 23.0 Å². The number of fused-ring (bicyclic) bond motifs is 1. The van der Waals surface area contributed by atoms with Gasteiger partial charge >= 0.3 is 18.2 Å². The number of ether oxygens (including phenoxy) is 2. The van der Waals surface area contributed by atoms with Crippen molar-refractivity contribution in [3.8, 4) is 17.2 Å². The maximum Gasteiger partial charge on any atom is 0.573 e. The second kappa shape index (κ2) is 13.9. The molecule has 1 amide bonds. The molecule has 0 radical (unpaired) electrons. The summed E-state index contributed by atoms with van der Waals surface area (Å²) in [5.74, 6) is -4.03. The van der Waals surface area contributed by atoms with Crippen LogP contribution in [-0.4, -0.2) is 51.4 Å². The van der Waals surface area contributed by atoms with Crippen molar-refractivity contribution in [1.29, 1.82) is 0 Å². The van der Waals surface area contributed by atoms with Crippen LogP contribution in [0.1, 0.15) is 51.4 Å². The van der Waals surface area contributed by atoms with Crippen molar-refractivity contribution in [1.82, 2.24) is 14.0 Å². The maximum atomic E-state index is 14.9. The lowest BCUT2D eigenvalue weighted by Crippen LogP contribution is -2.41. The highest BCUT2D eigenvalue weighted by Gasteiger charge is 2.34. The number of alkyl halides is 6. The number of carbonyl (C=O) groups is 2. The number of ketones is 1. The number of benzene rings is 3. The van der Waals surface area contributed by atoms with E-state index in [1.807, 2.05) is 0 Å². The van der Waals surface area contributed by atoms with Crippen molar-refractivity contribution in [3.05, 3.63) is 109 Å². The van der Waals surface area contributed by atoms with Gasteiger partial charge in [-0.25, -0.2) is 9.18 Å². The molecule has 0 spiro atoms. The molecule has 0 saturated heterocycles. The van der Waals surface area contributed by atoms with E-state index in [0.717, 1.165) is 16.7 Å². The first kappa shape index (κ1) is 36.0. The first-order valence-corrected chi connectivity index (χ1v) is 15.6. The number of hydrogen-bond donors (Lipinski definition) is 0. The predicted octanol–water partition coefficient (Wildman–Crippen LogP) is 8.07. The van der Waals surface area contributed by atoms with E-state index in [1.54, 1.807) is 12.1 Å². The van der Waals surface area contributed by atoms with Gasteiger partial charge in [0.15, 0.2) is 12.4 Å². The lowest BCUT2D eigenvalue weighted by molar-refractivity contribution is -0.274. The Labute approximate surface area is 286 Å². The van der Waals surface area contributed by atoms with Gasteiger partial charge < -0.3 is 14.4 Å². The molecule has 8 nitrogen and oxygen atoms in total. The van der Waals surface area contributed by atoms with Crippen LogP contribution < -0.4 is 15.2 Å². The molecule has 1 unspecified atom stereocenters. The topological polar surface area (TPSA) is 82.8 Å². The van der Waals surface area contributed by atoms with Gasteiger partial charge in [0, 0.05) is 35.6 Å². The summed E-state index contributed by atoms with van der Waals surface area (Å²) in [5.41, 5.74) is -0.442. The Bertz CT molecular complexity index is 1960. The third-order valence-electron chi connectivity index (χ3n) is 7.62. The van der Waals surface area contributed by atoms with Gasteiger partial charge in [-0.2, -0.15) is 13.2 Å². The van der Waals surface area contributed by atoms with Crippen molar-refractivity contribution in [3.63, 3.8) is 0 Å². The third-order valence-corrected chi connectivity index (χ3v) is 8.85. The fourth-order valence-electron chi connectivity index (χ4n) is 5.42. The fourth-order valence-corrected chi connectivity index (χ4v) is 5.84. The molecule has 2 heterocycles. The van der Waals surface area contributed by atoms with Crippen molar-refractivity contribution in [2.45, 2.75) is 44.9 Å². The minimum absolute atomic E-state index is 0.0188. The Balaban J connectivity index is 1.51. The number of amides is 1. The molecule has 3 aromatic carbocycles. The van der Waals surface area contributed by atoms with Crippen LogP contribution in [0.15, 0.2) is 69.9 Å². The zero-order valence-electron chi connectivity index (χ0n) is 25.2. The molecule has 1 aliphatic heterocycles. The third kappa shape index (κ3) is 8.29. The zero-order chi connectivity index (χ0) is 35.8. The number of Topliss-reactive ketones (excluding diaryl/α,β-unsaturated/α-hetero) is 1. The Morgan fingerprint density at radius 2 is 1.63 bits per heavy atom. The van der Waals surface area contributed by atoms with E-state index in [9.17, 15) is 45.1 Å². The van der Waals surface area contributed by atoms with Crippen LogP contribution >= 0.6 is 27.5 Å². The molecule has 5 rings (SSSR count). The molecule has 0 bridgehead atoms. The quantitative estimate of drug-likeness (QED) is 0.127. The minimum Gasteiger partial charge on any atom is -0.484 e. The van der Waals surface area contributed by atoms with Gasteiger partial charge in [0.05, 0.1) is 22.9 Å². The normalized spacial score (nSPS) is 14.0. The maximum absolute atomic E-state index is 14.9. The molecule has 0 N–H and O–H groups in total. The second-order valence-electron chi connectivity index (χ2n) is 11.1. The van der Waals surface area contributed by atoms with Crippen molar-refractivity contribution in [2.75, 3.05) is 13.2 Å². The number of rotatable bonds is 9. The van der Waals surface area contributed by atoms with E-state index >= 15 is 0 Å². The number of nitrogens with zero attached hydrogens (tertiary/aromatic N) is 3. The SMILES string of the molecule is CC(CC(=O)c1c2n(c(=O)n1-c1ccc(OCC(F)(F)F)cc1)CCN(C(=O)c1ccc(Br)c(Cl)c1)C2)c1ccc(OC(F)(F)F)cc1F. The van der Waals surface area contributed by atoms with Crippen LogP contribution in [0.3, 0.4) is 0 Å². The fraction of sp³-hybridized carbons (Fsp3) is 0.281. The summed E-state index contributed by atoms with van der Waals surface area (Å²) in [7, 11) is 0. The highest BCUT2D eigenvalue weighted by Crippen LogP contribution is 2.32. The van der Waals surface area contributed by atoms with Gasteiger partial charge in [-0.05, 0) is 75.9 Å².